The van der Waals surface area contributed by atoms with Gasteiger partial charge >= 0.3 is 5.97 Å². The normalized spacial score (nSPS) is 16.8. The Morgan fingerprint density at radius 1 is 1.00 bits per heavy atom. The van der Waals surface area contributed by atoms with Gasteiger partial charge in [0.2, 0.25) is 0 Å². The summed E-state index contributed by atoms with van der Waals surface area (Å²) in [5.41, 5.74) is -0.0897. The van der Waals surface area contributed by atoms with Gasteiger partial charge in [0, 0.05) is 23.2 Å². The number of carbonyl (C=O) groups excluding carboxylic acids is 1. The van der Waals surface area contributed by atoms with Crippen LogP contribution < -0.4 is 10.6 Å². The molecule has 0 spiro atoms. The molecule has 1 aliphatic rings. The predicted octanol–water partition coefficient (Wildman–Crippen LogP) is 5.07. The Morgan fingerprint density at radius 3 is 2.04 bits per heavy atom. The van der Waals surface area contributed by atoms with Crippen LogP contribution in [0.1, 0.15) is 39.0 Å². The van der Waals surface area contributed by atoms with Gasteiger partial charge in [-0.05, 0) is 18.8 Å². The fourth-order valence-corrected chi connectivity index (χ4v) is 7.68. The third-order valence-electron chi connectivity index (χ3n) is 5.55. The SMILES string of the molecule is CC(=O)OC/C=C/C(C1CCCCC1)P(=O)(c1ccccc1)c1ccccc1. The molecule has 2 aromatic rings. The zero-order valence-electron chi connectivity index (χ0n) is 16.5. The molecule has 4 heteroatoms. The summed E-state index contributed by atoms with van der Waals surface area (Å²) in [4.78, 5) is 11.1. The number of benzene rings is 2. The van der Waals surface area contributed by atoms with E-state index in [1.165, 1.54) is 26.2 Å². The van der Waals surface area contributed by atoms with E-state index in [0.29, 0.717) is 5.92 Å². The van der Waals surface area contributed by atoms with Crippen molar-refractivity contribution in [2.45, 2.75) is 44.7 Å². The molecule has 0 saturated heterocycles. The molecule has 3 nitrogen and oxygen atoms in total. The highest BCUT2D eigenvalue weighted by molar-refractivity contribution is 7.79. The summed E-state index contributed by atoms with van der Waals surface area (Å²) in [5, 5.41) is 1.79. The quantitative estimate of drug-likeness (QED) is 0.373. The Bertz CT molecular complexity index is 780. The molecule has 2 aromatic carbocycles. The van der Waals surface area contributed by atoms with E-state index < -0.39 is 7.14 Å². The highest BCUT2D eigenvalue weighted by Crippen LogP contribution is 2.54. The first kappa shape index (κ1) is 20.6. The smallest absolute Gasteiger partial charge is 0.302 e. The van der Waals surface area contributed by atoms with Crippen LogP contribution in [0.25, 0.3) is 0 Å². The molecule has 1 atom stereocenters. The fourth-order valence-electron chi connectivity index (χ4n) is 4.20. The van der Waals surface area contributed by atoms with Crippen molar-refractivity contribution < 1.29 is 14.1 Å². The fraction of sp³-hybridized carbons (Fsp3) is 0.375. The molecule has 0 heterocycles. The zero-order chi connectivity index (χ0) is 19.8. The van der Waals surface area contributed by atoms with Crippen LogP contribution in [0.3, 0.4) is 0 Å². The van der Waals surface area contributed by atoms with E-state index in [9.17, 15) is 9.36 Å². The molecule has 1 fully saturated rings. The van der Waals surface area contributed by atoms with Gasteiger partial charge in [-0.2, -0.15) is 0 Å². The lowest BCUT2D eigenvalue weighted by molar-refractivity contribution is -0.139. The van der Waals surface area contributed by atoms with Crippen LogP contribution in [-0.2, 0) is 14.1 Å². The lowest BCUT2D eigenvalue weighted by Crippen LogP contribution is -2.31. The third-order valence-corrected chi connectivity index (χ3v) is 9.11. The molecule has 0 amide bonds. The van der Waals surface area contributed by atoms with E-state index in [1.54, 1.807) is 0 Å². The zero-order valence-corrected chi connectivity index (χ0v) is 17.4. The summed E-state index contributed by atoms with van der Waals surface area (Å²) in [5.74, 6) is 0.0711. The topological polar surface area (TPSA) is 43.4 Å². The molecule has 1 saturated carbocycles. The van der Waals surface area contributed by atoms with Crippen molar-refractivity contribution >= 4 is 23.7 Å². The number of carbonyl (C=O) groups is 1. The van der Waals surface area contributed by atoms with Gasteiger partial charge in [0.1, 0.15) is 13.7 Å². The maximum Gasteiger partial charge on any atom is 0.302 e. The lowest BCUT2D eigenvalue weighted by atomic mass is 9.86. The molecular formula is C24H29O3P. The minimum absolute atomic E-state index is 0.0897. The highest BCUT2D eigenvalue weighted by Gasteiger charge is 2.40. The van der Waals surface area contributed by atoms with E-state index in [-0.39, 0.29) is 18.2 Å². The maximum atomic E-state index is 14.8. The van der Waals surface area contributed by atoms with E-state index in [4.69, 9.17) is 4.74 Å². The van der Waals surface area contributed by atoms with Crippen molar-refractivity contribution in [2.24, 2.45) is 5.92 Å². The Morgan fingerprint density at radius 2 is 1.54 bits per heavy atom. The van der Waals surface area contributed by atoms with E-state index in [1.807, 2.05) is 66.7 Å². The molecule has 0 bridgehead atoms. The van der Waals surface area contributed by atoms with Crippen LogP contribution >= 0.6 is 7.14 Å². The summed E-state index contributed by atoms with van der Waals surface area (Å²) in [6, 6.07) is 19.7. The van der Waals surface area contributed by atoms with Gasteiger partial charge < -0.3 is 9.30 Å². The first-order chi connectivity index (χ1) is 13.6. The summed E-state index contributed by atoms with van der Waals surface area (Å²) in [7, 11) is -2.89. The highest BCUT2D eigenvalue weighted by atomic mass is 31.2. The van der Waals surface area contributed by atoms with Crippen LogP contribution in [0.2, 0.25) is 0 Å². The van der Waals surface area contributed by atoms with Crippen molar-refractivity contribution in [1.82, 2.24) is 0 Å². The summed E-state index contributed by atoms with van der Waals surface area (Å²) >= 11 is 0. The van der Waals surface area contributed by atoms with Crippen LogP contribution in [0.15, 0.2) is 72.8 Å². The summed E-state index contributed by atoms with van der Waals surface area (Å²) < 4.78 is 19.9. The maximum absolute atomic E-state index is 14.8. The molecular weight excluding hydrogens is 367 g/mol. The average molecular weight is 396 g/mol. The van der Waals surface area contributed by atoms with Crippen molar-refractivity contribution in [2.75, 3.05) is 6.61 Å². The molecule has 0 radical (unpaired) electrons. The van der Waals surface area contributed by atoms with Crippen LogP contribution in [0, 0.1) is 5.92 Å². The van der Waals surface area contributed by atoms with Gasteiger partial charge in [-0.3, -0.25) is 4.79 Å². The van der Waals surface area contributed by atoms with Gasteiger partial charge in [0.15, 0.2) is 0 Å². The standard InChI is InChI=1S/C24H29O3P/c1-20(25)27-19-11-18-24(21-12-5-2-6-13-21)28(26,22-14-7-3-8-15-22)23-16-9-4-10-17-23/h3-4,7-11,14-18,21,24H,2,5-6,12-13,19H2,1H3/b18-11+. The van der Waals surface area contributed by atoms with Gasteiger partial charge in [-0.1, -0.05) is 92.1 Å². The number of ether oxygens (including phenoxy) is 1. The largest absolute Gasteiger partial charge is 0.462 e. The molecule has 3 rings (SSSR count). The first-order valence-electron chi connectivity index (χ1n) is 10.1. The number of hydrogen-bond donors (Lipinski definition) is 0. The number of hydrogen-bond acceptors (Lipinski definition) is 3. The summed E-state index contributed by atoms with van der Waals surface area (Å²) in [6.45, 7) is 1.63. The number of esters is 1. The van der Waals surface area contributed by atoms with E-state index in [2.05, 4.69) is 6.08 Å². The third kappa shape index (κ3) is 4.83. The van der Waals surface area contributed by atoms with Gasteiger partial charge in [-0.25, -0.2) is 0 Å². The molecule has 28 heavy (non-hydrogen) atoms. The van der Waals surface area contributed by atoms with E-state index >= 15 is 0 Å². The van der Waals surface area contributed by atoms with Crippen molar-refractivity contribution in [3.63, 3.8) is 0 Å². The second-order valence-corrected chi connectivity index (χ2v) is 10.4. The second-order valence-electron chi connectivity index (χ2n) is 7.45. The van der Waals surface area contributed by atoms with Gasteiger partial charge in [-0.15, -0.1) is 0 Å². The first-order valence-corrected chi connectivity index (χ1v) is 11.9. The average Bonchev–Trinajstić information content (AvgIpc) is 2.75. The molecule has 0 N–H and O–H groups in total. The van der Waals surface area contributed by atoms with Crippen molar-refractivity contribution in [3.05, 3.63) is 72.8 Å². The van der Waals surface area contributed by atoms with Crippen LogP contribution in [-0.4, -0.2) is 18.2 Å². The Kier molecular flexibility index (Phi) is 7.28. The lowest BCUT2D eigenvalue weighted by Gasteiger charge is -2.35. The van der Waals surface area contributed by atoms with Crippen LogP contribution in [0.4, 0.5) is 0 Å². The van der Waals surface area contributed by atoms with Gasteiger partial charge in [0.25, 0.3) is 0 Å². The molecule has 1 unspecified atom stereocenters. The molecule has 0 aromatic heterocycles. The number of rotatable bonds is 7. The predicted molar refractivity (Wildman–Crippen MR) is 116 cm³/mol. The minimum Gasteiger partial charge on any atom is -0.462 e. The Labute approximate surface area is 168 Å². The monoisotopic (exact) mass is 396 g/mol. The van der Waals surface area contributed by atoms with Crippen molar-refractivity contribution in [3.8, 4) is 0 Å². The molecule has 1 aliphatic carbocycles. The van der Waals surface area contributed by atoms with E-state index in [0.717, 1.165) is 23.5 Å². The molecule has 0 aliphatic heterocycles. The Hall–Kier alpha value is -2.12. The van der Waals surface area contributed by atoms with Crippen LogP contribution in [0.5, 0.6) is 0 Å². The summed E-state index contributed by atoms with van der Waals surface area (Å²) in [6.07, 6.45) is 9.73. The van der Waals surface area contributed by atoms with Crippen molar-refractivity contribution in [1.29, 1.82) is 0 Å². The minimum atomic E-state index is -2.89. The second kappa shape index (κ2) is 9.89. The number of allylic oxidation sites excluding steroid dienone is 1. The molecule has 148 valence electrons. The Balaban J connectivity index is 2.05. The van der Waals surface area contributed by atoms with Gasteiger partial charge in [0.05, 0.1) is 0 Å².